The SMILES string of the molecule is N#Cc1cc(-c2ccc(-c3ccccc3)c(-n3c4ccccc4c4ccccc43)c2)cc(-n2c3ccccc3c3ccccc32)c1. The third-order valence-electron chi connectivity index (χ3n) is 9.12. The fourth-order valence-corrected chi connectivity index (χ4v) is 7.11. The lowest BCUT2D eigenvalue weighted by molar-refractivity contribution is 1.17. The number of para-hydroxylation sites is 4. The van der Waals surface area contributed by atoms with Crippen LogP contribution < -0.4 is 0 Å². The van der Waals surface area contributed by atoms with E-state index in [0.29, 0.717) is 5.56 Å². The van der Waals surface area contributed by atoms with Crippen LogP contribution in [0.2, 0.25) is 0 Å². The fraction of sp³-hybridized carbons (Fsp3) is 0. The molecule has 0 aliphatic carbocycles. The van der Waals surface area contributed by atoms with E-state index in [2.05, 4.69) is 167 Å². The minimum atomic E-state index is 0.625. The summed E-state index contributed by atoms with van der Waals surface area (Å²) in [4.78, 5) is 0. The van der Waals surface area contributed by atoms with Crippen LogP contribution in [0, 0.1) is 11.3 Å². The number of rotatable bonds is 4. The van der Waals surface area contributed by atoms with E-state index in [4.69, 9.17) is 0 Å². The molecule has 0 fully saturated rings. The van der Waals surface area contributed by atoms with Crippen molar-refractivity contribution in [3.8, 4) is 39.7 Å². The molecule has 0 aliphatic heterocycles. The van der Waals surface area contributed by atoms with Crippen molar-refractivity contribution in [2.24, 2.45) is 0 Å². The number of fused-ring (bicyclic) bond motifs is 6. The number of benzene rings is 7. The first kappa shape index (κ1) is 26.1. The largest absolute Gasteiger partial charge is 0.309 e. The minimum Gasteiger partial charge on any atom is -0.309 e. The number of hydrogen-bond donors (Lipinski definition) is 0. The summed E-state index contributed by atoms with van der Waals surface area (Å²) in [6.45, 7) is 0. The molecule has 3 nitrogen and oxygen atoms in total. The smallest absolute Gasteiger partial charge is 0.0992 e. The molecule has 0 spiro atoms. The molecule has 0 N–H and O–H groups in total. The van der Waals surface area contributed by atoms with Gasteiger partial charge >= 0.3 is 0 Å². The second-order valence-corrected chi connectivity index (χ2v) is 11.7. The normalized spacial score (nSPS) is 11.5. The van der Waals surface area contributed by atoms with Crippen LogP contribution in [0.25, 0.3) is 77.2 Å². The van der Waals surface area contributed by atoms with Gasteiger partial charge in [-0.1, -0.05) is 115 Å². The Hall–Kier alpha value is -6.37. The highest BCUT2D eigenvalue weighted by Gasteiger charge is 2.18. The van der Waals surface area contributed by atoms with E-state index >= 15 is 0 Å². The number of nitriles is 1. The molecule has 0 saturated heterocycles. The van der Waals surface area contributed by atoms with Crippen molar-refractivity contribution in [1.82, 2.24) is 9.13 Å². The van der Waals surface area contributed by atoms with Crippen LogP contribution >= 0.6 is 0 Å². The summed E-state index contributed by atoms with van der Waals surface area (Å²) in [5.74, 6) is 0. The van der Waals surface area contributed by atoms with Gasteiger partial charge in [-0.05, 0) is 65.2 Å². The van der Waals surface area contributed by atoms with E-state index in [1.807, 2.05) is 12.1 Å². The first-order valence-corrected chi connectivity index (χ1v) is 15.5. The molecule has 214 valence electrons. The molecule has 9 rings (SSSR count). The second kappa shape index (κ2) is 10.4. The third-order valence-corrected chi connectivity index (χ3v) is 9.12. The zero-order chi connectivity index (χ0) is 30.6. The van der Waals surface area contributed by atoms with Gasteiger partial charge in [0.2, 0.25) is 0 Å². The Balaban J connectivity index is 1.33. The summed E-state index contributed by atoms with van der Waals surface area (Å²) in [6, 6.07) is 60.2. The van der Waals surface area contributed by atoms with Gasteiger partial charge in [-0.3, -0.25) is 0 Å². The van der Waals surface area contributed by atoms with Gasteiger partial charge in [0.1, 0.15) is 0 Å². The van der Waals surface area contributed by atoms with Crippen molar-refractivity contribution >= 4 is 43.6 Å². The van der Waals surface area contributed by atoms with Gasteiger partial charge in [0.25, 0.3) is 0 Å². The van der Waals surface area contributed by atoms with Crippen LogP contribution in [0.5, 0.6) is 0 Å². The maximum Gasteiger partial charge on any atom is 0.0992 e. The Morgan fingerprint density at radius 1 is 0.391 bits per heavy atom. The number of nitrogens with zero attached hydrogens (tertiary/aromatic N) is 3. The lowest BCUT2D eigenvalue weighted by atomic mass is 9.96. The predicted octanol–water partition coefficient (Wildman–Crippen LogP) is 11.1. The lowest BCUT2D eigenvalue weighted by Crippen LogP contribution is -1.99. The highest BCUT2D eigenvalue weighted by Crippen LogP contribution is 2.39. The molecule has 0 unspecified atom stereocenters. The molecule has 2 heterocycles. The summed E-state index contributed by atoms with van der Waals surface area (Å²) < 4.78 is 4.67. The van der Waals surface area contributed by atoms with Gasteiger partial charge in [0.05, 0.1) is 39.4 Å². The highest BCUT2D eigenvalue weighted by molar-refractivity contribution is 6.10. The monoisotopic (exact) mass is 585 g/mol. The van der Waals surface area contributed by atoms with Crippen molar-refractivity contribution in [3.05, 3.63) is 169 Å². The molecule has 3 heteroatoms. The van der Waals surface area contributed by atoms with Crippen molar-refractivity contribution < 1.29 is 0 Å². The quantitative estimate of drug-likeness (QED) is 0.202. The number of hydrogen-bond acceptors (Lipinski definition) is 1. The van der Waals surface area contributed by atoms with Crippen molar-refractivity contribution in [2.75, 3.05) is 0 Å². The Bertz CT molecular complexity index is 2540. The van der Waals surface area contributed by atoms with E-state index in [1.54, 1.807) is 0 Å². The molecule has 7 aromatic carbocycles. The topological polar surface area (TPSA) is 33.6 Å². The highest BCUT2D eigenvalue weighted by atomic mass is 15.0. The van der Waals surface area contributed by atoms with Crippen molar-refractivity contribution in [3.63, 3.8) is 0 Å². The van der Waals surface area contributed by atoms with Crippen LogP contribution in [-0.2, 0) is 0 Å². The molecule has 0 radical (unpaired) electrons. The Morgan fingerprint density at radius 3 is 1.43 bits per heavy atom. The molecule has 0 atom stereocenters. The molecule has 0 saturated carbocycles. The van der Waals surface area contributed by atoms with Gasteiger partial charge in [-0.15, -0.1) is 0 Å². The summed E-state index contributed by atoms with van der Waals surface area (Å²) in [5.41, 5.74) is 11.6. The predicted molar refractivity (Wildman–Crippen MR) is 191 cm³/mol. The van der Waals surface area contributed by atoms with Crippen LogP contribution in [0.1, 0.15) is 5.56 Å². The van der Waals surface area contributed by atoms with Gasteiger partial charge in [0, 0.05) is 32.8 Å². The van der Waals surface area contributed by atoms with Crippen LogP contribution in [0.4, 0.5) is 0 Å². The molecule has 0 aliphatic rings. The van der Waals surface area contributed by atoms with Crippen LogP contribution in [0.3, 0.4) is 0 Å². The van der Waals surface area contributed by atoms with E-state index in [-0.39, 0.29) is 0 Å². The van der Waals surface area contributed by atoms with Crippen molar-refractivity contribution in [2.45, 2.75) is 0 Å². The Labute approximate surface area is 266 Å². The van der Waals surface area contributed by atoms with Gasteiger partial charge in [0.15, 0.2) is 0 Å². The molecule has 46 heavy (non-hydrogen) atoms. The van der Waals surface area contributed by atoms with Gasteiger partial charge in [-0.25, -0.2) is 0 Å². The molecule has 0 amide bonds. The van der Waals surface area contributed by atoms with Gasteiger partial charge in [-0.2, -0.15) is 5.26 Å². The van der Waals surface area contributed by atoms with E-state index in [1.165, 1.54) is 21.5 Å². The zero-order valence-corrected chi connectivity index (χ0v) is 24.9. The first-order chi connectivity index (χ1) is 22.8. The van der Waals surface area contributed by atoms with E-state index in [9.17, 15) is 5.26 Å². The lowest BCUT2D eigenvalue weighted by Gasteiger charge is -2.17. The molecular formula is C43H27N3. The minimum absolute atomic E-state index is 0.625. The second-order valence-electron chi connectivity index (χ2n) is 11.7. The average molecular weight is 586 g/mol. The Kier molecular flexibility index (Phi) is 5.88. The number of aromatic nitrogens is 2. The average Bonchev–Trinajstić information content (AvgIpc) is 3.65. The maximum atomic E-state index is 10.2. The third kappa shape index (κ3) is 3.98. The standard InChI is InChI=1S/C43H27N3/c44-28-29-24-32(26-33(25-29)45-39-18-8-4-14-35(39)36-15-5-9-19-40(36)45)31-22-23-34(30-12-2-1-3-13-30)43(27-31)46-41-20-10-6-16-37(41)38-17-7-11-21-42(38)46/h1-27H. The molecular weight excluding hydrogens is 558 g/mol. The first-order valence-electron chi connectivity index (χ1n) is 15.5. The summed E-state index contributed by atoms with van der Waals surface area (Å²) in [6.07, 6.45) is 0. The fourth-order valence-electron chi connectivity index (χ4n) is 7.11. The molecule has 0 bridgehead atoms. The van der Waals surface area contributed by atoms with Crippen molar-refractivity contribution in [1.29, 1.82) is 5.26 Å². The maximum absolute atomic E-state index is 10.2. The van der Waals surface area contributed by atoms with Crippen LogP contribution in [0.15, 0.2) is 164 Å². The van der Waals surface area contributed by atoms with Gasteiger partial charge < -0.3 is 9.13 Å². The van der Waals surface area contributed by atoms with Crippen LogP contribution in [-0.4, -0.2) is 9.13 Å². The van der Waals surface area contributed by atoms with E-state index < -0.39 is 0 Å². The summed E-state index contributed by atoms with van der Waals surface area (Å²) in [7, 11) is 0. The molecule has 2 aromatic heterocycles. The Morgan fingerprint density at radius 2 is 0.891 bits per heavy atom. The molecule has 9 aromatic rings. The zero-order valence-electron chi connectivity index (χ0n) is 24.9. The summed E-state index contributed by atoms with van der Waals surface area (Å²) in [5, 5.41) is 15.1. The summed E-state index contributed by atoms with van der Waals surface area (Å²) >= 11 is 0. The van der Waals surface area contributed by atoms with E-state index in [0.717, 1.165) is 55.7 Å².